The van der Waals surface area contributed by atoms with Crippen molar-refractivity contribution in [1.29, 1.82) is 0 Å². The second-order valence-electron chi connectivity index (χ2n) is 5.71. The van der Waals surface area contributed by atoms with Crippen LogP contribution in [0.2, 0.25) is 0 Å². The second-order valence-corrected chi connectivity index (χ2v) is 7.43. The summed E-state index contributed by atoms with van der Waals surface area (Å²) in [7, 11) is -2.53. The number of hydrogen-bond donors (Lipinski definition) is 2. The molecule has 7 nitrogen and oxygen atoms in total. The SMILES string of the molecule is COC(=O)c1ccc(NC(=O)[C@@H](C)NS(=O)(=O)c2ccc(C)cc2)cc1. The van der Waals surface area contributed by atoms with Gasteiger partial charge < -0.3 is 10.1 Å². The Morgan fingerprint density at radius 3 is 2.12 bits per heavy atom. The Morgan fingerprint density at radius 1 is 1.00 bits per heavy atom. The van der Waals surface area contributed by atoms with Gasteiger partial charge in [-0.3, -0.25) is 4.79 Å². The molecule has 26 heavy (non-hydrogen) atoms. The maximum absolute atomic E-state index is 12.3. The van der Waals surface area contributed by atoms with E-state index in [1.165, 1.54) is 50.4 Å². The maximum Gasteiger partial charge on any atom is 0.337 e. The Bertz CT molecular complexity index is 890. The number of hydrogen-bond acceptors (Lipinski definition) is 5. The summed E-state index contributed by atoms with van der Waals surface area (Å²) in [5.74, 6) is -1.01. The molecule has 1 amide bonds. The van der Waals surface area contributed by atoms with Crippen molar-refractivity contribution >= 4 is 27.6 Å². The lowest BCUT2D eigenvalue weighted by Crippen LogP contribution is -2.41. The Labute approximate surface area is 152 Å². The van der Waals surface area contributed by atoms with E-state index in [2.05, 4.69) is 14.8 Å². The van der Waals surface area contributed by atoms with E-state index >= 15 is 0 Å². The van der Waals surface area contributed by atoms with Gasteiger partial charge in [0, 0.05) is 5.69 Å². The number of nitrogens with one attached hydrogen (secondary N) is 2. The van der Waals surface area contributed by atoms with Crippen LogP contribution in [0, 0.1) is 6.92 Å². The number of benzene rings is 2. The van der Waals surface area contributed by atoms with E-state index < -0.39 is 27.9 Å². The first kappa shape index (κ1) is 19.6. The number of sulfonamides is 1. The van der Waals surface area contributed by atoms with E-state index in [4.69, 9.17) is 0 Å². The highest BCUT2D eigenvalue weighted by molar-refractivity contribution is 7.89. The summed E-state index contributed by atoms with van der Waals surface area (Å²) in [6, 6.07) is 11.4. The van der Waals surface area contributed by atoms with Crippen LogP contribution in [0.1, 0.15) is 22.8 Å². The van der Waals surface area contributed by atoms with Gasteiger partial charge in [-0.25, -0.2) is 13.2 Å². The minimum atomic E-state index is -3.81. The van der Waals surface area contributed by atoms with Crippen LogP contribution < -0.4 is 10.0 Å². The number of carbonyl (C=O) groups is 2. The fourth-order valence-corrected chi connectivity index (χ4v) is 3.33. The smallest absolute Gasteiger partial charge is 0.337 e. The summed E-state index contributed by atoms with van der Waals surface area (Å²) < 4.78 is 31.6. The molecular weight excluding hydrogens is 356 g/mol. The van der Waals surface area contributed by atoms with Crippen molar-refractivity contribution in [2.24, 2.45) is 0 Å². The summed E-state index contributed by atoms with van der Waals surface area (Å²) in [6.07, 6.45) is 0. The number of methoxy groups -OCH3 is 1. The van der Waals surface area contributed by atoms with E-state index in [9.17, 15) is 18.0 Å². The molecule has 0 aliphatic heterocycles. The molecule has 0 bridgehead atoms. The van der Waals surface area contributed by atoms with Gasteiger partial charge in [-0.05, 0) is 50.2 Å². The third-order valence-corrected chi connectivity index (χ3v) is 5.19. The van der Waals surface area contributed by atoms with E-state index in [1.807, 2.05) is 6.92 Å². The Balaban J connectivity index is 2.03. The van der Waals surface area contributed by atoms with Gasteiger partial charge in [0.05, 0.1) is 23.6 Å². The molecule has 2 N–H and O–H groups in total. The monoisotopic (exact) mass is 376 g/mol. The van der Waals surface area contributed by atoms with Gasteiger partial charge in [-0.2, -0.15) is 4.72 Å². The average Bonchev–Trinajstić information content (AvgIpc) is 2.61. The molecule has 1 atom stereocenters. The van der Waals surface area contributed by atoms with Crippen molar-refractivity contribution in [3.63, 3.8) is 0 Å². The fraction of sp³-hybridized carbons (Fsp3) is 0.222. The van der Waals surface area contributed by atoms with Gasteiger partial charge in [0.15, 0.2) is 0 Å². The molecule has 0 saturated carbocycles. The Hall–Kier alpha value is -2.71. The molecule has 0 radical (unpaired) electrons. The lowest BCUT2D eigenvalue weighted by Gasteiger charge is -2.15. The number of esters is 1. The van der Waals surface area contributed by atoms with E-state index in [-0.39, 0.29) is 4.90 Å². The van der Waals surface area contributed by atoms with Gasteiger partial charge in [0.25, 0.3) is 0 Å². The Kier molecular flexibility index (Phi) is 6.12. The van der Waals surface area contributed by atoms with Crippen molar-refractivity contribution in [2.75, 3.05) is 12.4 Å². The fourth-order valence-electron chi connectivity index (χ4n) is 2.13. The lowest BCUT2D eigenvalue weighted by molar-refractivity contribution is -0.117. The van der Waals surface area contributed by atoms with E-state index in [1.54, 1.807) is 12.1 Å². The first-order valence-corrected chi connectivity index (χ1v) is 9.29. The standard InChI is InChI=1S/C18H20N2O5S/c1-12-4-10-16(11-5-12)26(23,24)20-13(2)17(21)19-15-8-6-14(7-9-15)18(22)25-3/h4-11,13,20H,1-3H3,(H,19,21)/t13-/m1/s1. The molecule has 0 fully saturated rings. The zero-order chi connectivity index (χ0) is 19.3. The highest BCUT2D eigenvalue weighted by atomic mass is 32.2. The first-order valence-electron chi connectivity index (χ1n) is 7.81. The molecule has 0 unspecified atom stereocenters. The average molecular weight is 376 g/mol. The number of anilines is 1. The van der Waals surface area contributed by atoms with Crippen LogP contribution in [0.5, 0.6) is 0 Å². The molecule has 0 saturated heterocycles. The third kappa shape index (κ3) is 4.90. The van der Waals surface area contributed by atoms with Crippen LogP contribution in [-0.4, -0.2) is 33.4 Å². The molecule has 8 heteroatoms. The van der Waals surface area contributed by atoms with Crippen molar-refractivity contribution in [2.45, 2.75) is 24.8 Å². The zero-order valence-corrected chi connectivity index (χ0v) is 15.5. The minimum Gasteiger partial charge on any atom is -0.465 e. The Morgan fingerprint density at radius 2 is 1.58 bits per heavy atom. The first-order chi connectivity index (χ1) is 12.2. The zero-order valence-electron chi connectivity index (χ0n) is 14.6. The summed E-state index contributed by atoms with van der Waals surface area (Å²) in [4.78, 5) is 23.7. The van der Waals surface area contributed by atoms with Crippen LogP contribution in [-0.2, 0) is 19.6 Å². The van der Waals surface area contributed by atoms with Gasteiger partial charge in [0.2, 0.25) is 15.9 Å². The number of aryl methyl sites for hydroxylation is 1. The van der Waals surface area contributed by atoms with Crippen LogP contribution in [0.25, 0.3) is 0 Å². The number of amides is 1. The molecule has 0 heterocycles. The largest absolute Gasteiger partial charge is 0.465 e. The molecule has 0 aliphatic rings. The van der Waals surface area contributed by atoms with Crippen molar-refractivity contribution in [3.8, 4) is 0 Å². The van der Waals surface area contributed by atoms with Crippen LogP contribution in [0.15, 0.2) is 53.4 Å². The van der Waals surface area contributed by atoms with E-state index in [0.717, 1.165) is 5.56 Å². The normalized spacial score (nSPS) is 12.3. The van der Waals surface area contributed by atoms with Crippen molar-refractivity contribution in [1.82, 2.24) is 4.72 Å². The predicted octanol–water partition coefficient (Wildman–Crippen LogP) is 2.09. The summed E-state index contributed by atoms with van der Waals surface area (Å²) in [6.45, 7) is 3.30. The van der Waals surface area contributed by atoms with Crippen LogP contribution >= 0.6 is 0 Å². The summed E-state index contributed by atoms with van der Waals surface area (Å²) >= 11 is 0. The van der Waals surface area contributed by atoms with Crippen molar-refractivity contribution in [3.05, 3.63) is 59.7 Å². The van der Waals surface area contributed by atoms with Crippen LogP contribution in [0.3, 0.4) is 0 Å². The van der Waals surface area contributed by atoms with Crippen molar-refractivity contribution < 1.29 is 22.7 Å². The third-order valence-electron chi connectivity index (χ3n) is 3.63. The molecule has 2 aromatic carbocycles. The number of ether oxygens (including phenoxy) is 1. The molecular formula is C18H20N2O5S. The highest BCUT2D eigenvalue weighted by Crippen LogP contribution is 2.13. The van der Waals surface area contributed by atoms with E-state index in [0.29, 0.717) is 11.3 Å². The number of rotatable bonds is 6. The molecule has 2 aromatic rings. The summed E-state index contributed by atoms with van der Waals surface area (Å²) in [5, 5.41) is 2.59. The minimum absolute atomic E-state index is 0.0881. The molecule has 0 aromatic heterocycles. The predicted molar refractivity (Wildman–Crippen MR) is 97.4 cm³/mol. The van der Waals surface area contributed by atoms with Gasteiger partial charge in [-0.1, -0.05) is 17.7 Å². The lowest BCUT2D eigenvalue weighted by atomic mass is 10.2. The second kappa shape index (κ2) is 8.11. The summed E-state index contributed by atoms with van der Waals surface area (Å²) in [5.41, 5.74) is 1.72. The number of carbonyl (C=O) groups excluding carboxylic acids is 2. The highest BCUT2D eigenvalue weighted by Gasteiger charge is 2.22. The molecule has 2 rings (SSSR count). The quantitative estimate of drug-likeness (QED) is 0.752. The van der Waals surface area contributed by atoms with Gasteiger partial charge >= 0.3 is 5.97 Å². The van der Waals surface area contributed by atoms with Gasteiger partial charge in [0.1, 0.15) is 0 Å². The molecule has 138 valence electrons. The molecule has 0 aliphatic carbocycles. The van der Waals surface area contributed by atoms with Gasteiger partial charge in [-0.15, -0.1) is 0 Å². The maximum atomic E-state index is 12.3. The van der Waals surface area contributed by atoms with Crippen LogP contribution in [0.4, 0.5) is 5.69 Å². The molecule has 0 spiro atoms. The topological polar surface area (TPSA) is 102 Å².